The molecule has 0 atom stereocenters. The lowest BCUT2D eigenvalue weighted by molar-refractivity contribution is 0.110. The van der Waals surface area contributed by atoms with Crippen LogP contribution in [0.3, 0.4) is 0 Å². The number of nitrogen functional groups attached to an aromatic ring is 1. The number of pyridine rings is 1. The van der Waals surface area contributed by atoms with E-state index in [1.165, 1.54) is 12.8 Å². The Morgan fingerprint density at radius 2 is 2.28 bits per heavy atom. The summed E-state index contributed by atoms with van der Waals surface area (Å²) in [6.45, 7) is 7.61. The largest absolute Gasteiger partial charge is 0.308 e. The third-order valence-corrected chi connectivity index (χ3v) is 3.76. The predicted octanol–water partition coefficient (Wildman–Crippen LogP) is 2.64. The van der Waals surface area contributed by atoms with Gasteiger partial charge in [-0.05, 0) is 36.9 Å². The summed E-state index contributed by atoms with van der Waals surface area (Å²) in [5.41, 5.74) is 3.84. The molecule has 2 rings (SSSR count). The summed E-state index contributed by atoms with van der Waals surface area (Å²) >= 11 is 6.19. The number of likely N-dealkylation sites (tertiary alicyclic amines) is 1. The number of hydrazine groups is 1. The van der Waals surface area contributed by atoms with E-state index in [-0.39, 0.29) is 0 Å². The third kappa shape index (κ3) is 3.34. The second kappa shape index (κ2) is 5.43. The number of anilines is 1. The van der Waals surface area contributed by atoms with Gasteiger partial charge in [-0.15, -0.1) is 0 Å². The molecule has 0 amide bonds. The van der Waals surface area contributed by atoms with Gasteiger partial charge in [-0.1, -0.05) is 25.4 Å². The molecule has 0 saturated carbocycles. The zero-order valence-corrected chi connectivity index (χ0v) is 11.8. The van der Waals surface area contributed by atoms with Gasteiger partial charge in [-0.2, -0.15) is 0 Å². The predicted molar refractivity (Wildman–Crippen MR) is 75.3 cm³/mol. The van der Waals surface area contributed by atoms with Crippen molar-refractivity contribution >= 4 is 17.4 Å². The van der Waals surface area contributed by atoms with Crippen LogP contribution in [0.25, 0.3) is 0 Å². The van der Waals surface area contributed by atoms with Gasteiger partial charge in [-0.25, -0.2) is 10.8 Å². The highest BCUT2D eigenvalue weighted by atomic mass is 35.5. The second-order valence-corrected chi connectivity index (χ2v) is 6.15. The van der Waals surface area contributed by atoms with Crippen molar-refractivity contribution in [2.24, 2.45) is 11.3 Å². The maximum atomic E-state index is 6.19. The lowest BCUT2D eigenvalue weighted by atomic mass is 9.84. The zero-order valence-electron chi connectivity index (χ0n) is 11.0. The van der Waals surface area contributed by atoms with Crippen LogP contribution >= 0.6 is 11.6 Å². The summed E-state index contributed by atoms with van der Waals surface area (Å²) in [5, 5.41) is 0.706. The number of nitrogens with two attached hydrogens (primary N) is 1. The van der Waals surface area contributed by atoms with Crippen LogP contribution in [0.15, 0.2) is 12.1 Å². The number of piperidine rings is 1. The number of nitrogens with one attached hydrogen (secondary N) is 1. The van der Waals surface area contributed by atoms with Gasteiger partial charge in [0.25, 0.3) is 0 Å². The van der Waals surface area contributed by atoms with Crippen molar-refractivity contribution in [1.82, 2.24) is 9.88 Å². The number of rotatable bonds is 3. The minimum atomic E-state index is 0.383. The molecule has 1 fully saturated rings. The van der Waals surface area contributed by atoms with Gasteiger partial charge in [-0.3, -0.25) is 4.90 Å². The quantitative estimate of drug-likeness (QED) is 0.654. The molecule has 2 heterocycles. The van der Waals surface area contributed by atoms with Gasteiger partial charge in [0.15, 0.2) is 0 Å². The van der Waals surface area contributed by atoms with Crippen LogP contribution in [0.5, 0.6) is 0 Å². The minimum Gasteiger partial charge on any atom is -0.308 e. The number of hydrogen-bond donors (Lipinski definition) is 2. The summed E-state index contributed by atoms with van der Waals surface area (Å²) in [7, 11) is 0. The van der Waals surface area contributed by atoms with E-state index in [9.17, 15) is 0 Å². The van der Waals surface area contributed by atoms with Gasteiger partial charge in [0.1, 0.15) is 5.82 Å². The summed E-state index contributed by atoms with van der Waals surface area (Å²) in [4.78, 5) is 6.84. The number of halogens is 1. The van der Waals surface area contributed by atoms with Gasteiger partial charge in [0, 0.05) is 13.1 Å². The molecule has 4 nitrogen and oxygen atoms in total. The molecular formula is C13H21ClN4. The third-order valence-electron chi connectivity index (χ3n) is 3.42. The van der Waals surface area contributed by atoms with E-state index < -0.39 is 0 Å². The summed E-state index contributed by atoms with van der Waals surface area (Å²) < 4.78 is 0. The highest BCUT2D eigenvalue weighted by Crippen LogP contribution is 2.30. The highest BCUT2D eigenvalue weighted by Gasteiger charge is 2.26. The van der Waals surface area contributed by atoms with E-state index >= 15 is 0 Å². The average Bonchev–Trinajstić information content (AvgIpc) is 2.31. The maximum Gasteiger partial charge on any atom is 0.140 e. The highest BCUT2D eigenvalue weighted by molar-refractivity contribution is 6.31. The van der Waals surface area contributed by atoms with Gasteiger partial charge < -0.3 is 5.43 Å². The molecule has 0 aliphatic carbocycles. The molecule has 1 aromatic rings. The Labute approximate surface area is 113 Å². The van der Waals surface area contributed by atoms with Crippen molar-refractivity contribution in [3.63, 3.8) is 0 Å². The van der Waals surface area contributed by atoms with Crippen molar-refractivity contribution < 1.29 is 0 Å². The SMILES string of the molecule is CC1(C)CCCN(Cc2nc(NN)ccc2Cl)C1. The number of aromatic nitrogens is 1. The normalized spacial score (nSPS) is 19.8. The Morgan fingerprint density at radius 1 is 1.50 bits per heavy atom. The fourth-order valence-electron chi connectivity index (χ4n) is 2.57. The van der Waals surface area contributed by atoms with Crippen molar-refractivity contribution in [2.75, 3.05) is 18.5 Å². The Balaban J connectivity index is 2.09. The lowest BCUT2D eigenvalue weighted by Gasteiger charge is -2.38. The Kier molecular flexibility index (Phi) is 4.10. The number of hydrogen-bond acceptors (Lipinski definition) is 4. The van der Waals surface area contributed by atoms with Crippen molar-refractivity contribution in [1.29, 1.82) is 0 Å². The molecule has 1 aliphatic rings. The van der Waals surface area contributed by atoms with Crippen LogP contribution in [0.1, 0.15) is 32.4 Å². The van der Waals surface area contributed by atoms with Gasteiger partial charge in [0.05, 0.1) is 10.7 Å². The van der Waals surface area contributed by atoms with E-state index in [1.54, 1.807) is 6.07 Å². The average molecular weight is 269 g/mol. The molecule has 0 aromatic carbocycles. The molecule has 18 heavy (non-hydrogen) atoms. The molecule has 1 saturated heterocycles. The molecule has 1 aliphatic heterocycles. The fraction of sp³-hybridized carbons (Fsp3) is 0.615. The fourth-order valence-corrected chi connectivity index (χ4v) is 2.73. The summed E-state index contributed by atoms with van der Waals surface area (Å²) in [6.07, 6.45) is 2.52. The second-order valence-electron chi connectivity index (χ2n) is 5.75. The molecule has 3 N–H and O–H groups in total. The van der Waals surface area contributed by atoms with E-state index in [0.717, 1.165) is 25.3 Å². The number of nitrogens with zero attached hydrogens (tertiary/aromatic N) is 2. The van der Waals surface area contributed by atoms with Crippen LogP contribution in [-0.2, 0) is 6.54 Å². The van der Waals surface area contributed by atoms with E-state index in [4.69, 9.17) is 17.4 Å². The minimum absolute atomic E-state index is 0.383. The molecule has 1 aromatic heterocycles. The van der Waals surface area contributed by atoms with Crippen LogP contribution in [0, 0.1) is 5.41 Å². The maximum absolute atomic E-state index is 6.19. The first-order valence-corrected chi connectivity index (χ1v) is 6.72. The Bertz CT molecular complexity index is 419. The first-order valence-electron chi connectivity index (χ1n) is 6.34. The zero-order chi connectivity index (χ0) is 13.2. The molecular weight excluding hydrogens is 248 g/mol. The van der Waals surface area contributed by atoms with Crippen molar-refractivity contribution in [3.8, 4) is 0 Å². The van der Waals surface area contributed by atoms with Crippen LogP contribution in [0.2, 0.25) is 5.02 Å². The standard InChI is InChI=1S/C13H21ClN4/c1-13(2)6-3-7-18(9-13)8-11-10(14)4-5-12(16-11)17-15/h4-5H,3,6-9,15H2,1-2H3,(H,16,17). The van der Waals surface area contributed by atoms with Crippen LogP contribution in [-0.4, -0.2) is 23.0 Å². The van der Waals surface area contributed by atoms with E-state index in [2.05, 4.69) is 29.2 Å². The first-order chi connectivity index (χ1) is 8.50. The molecule has 0 radical (unpaired) electrons. The summed E-state index contributed by atoms with van der Waals surface area (Å²) in [6, 6.07) is 3.63. The Hall–Kier alpha value is -0.840. The molecule has 100 valence electrons. The van der Waals surface area contributed by atoms with Crippen LogP contribution < -0.4 is 11.3 Å². The monoisotopic (exact) mass is 268 g/mol. The topological polar surface area (TPSA) is 54.2 Å². The van der Waals surface area contributed by atoms with Gasteiger partial charge in [0.2, 0.25) is 0 Å². The van der Waals surface area contributed by atoms with Crippen molar-refractivity contribution in [3.05, 3.63) is 22.8 Å². The first kappa shape index (κ1) is 13.6. The molecule has 0 unspecified atom stereocenters. The molecule has 5 heteroatoms. The van der Waals surface area contributed by atoms with Gasteiger partial charge >= 0.3 is 0 Å². The molecule has 0 bridgehead atoms. The van der Waals surface area contributed by atoms with E-state index in [0.29, 0.717) is 16.3 Å². The Morgan fingerprint density at radius 3 is 2.94 bits per heavy atom. The lowest BCUT2D eigenvalue weighted by Crippen LogP contribution is -2.39. The molecule has 0 spiro atoms. The van der Waals surface area contributed by atoms with Crippen LogP contribution in [0.4, 0.5) is 5.82 Å². The van der Waals surface area contributed by atoms with E-state index in [1.807, 2.05) is 6.07 Å². The van der Waals surface area contributed by atoms with Crippen molar-refractivity contribution in [2.45, 2.75) is 33.2 Å². The smallest absolute Gasteiger partial charge is 0.140 e. The summed E-state index contributed by atoms with van der Waals surface area (Å²) in [5.74, 6) is 6.03.